The molecule has 0 aliphatic carbocycles. The van der Waals surface area contributed by atoms with Gasteiger partial charge in [-0.3, -0.25) is 0 Å². The summed E-state index contributed by atoms with van der Waals surface area (Å²) < 4.78 is 4.59. The number of carbonyl (C=O) groups excluding carboxylic acids is 1. The number of nitriles is 1. The van der Waals surface area contributed by atoms with E-state index in [0.717, 1.165) is 0 Å². The summed E-state index contributed by atoms with van der Waals surface area (Å²) in [5, 5.41) is 28.7. The number of halogens is 1. The van der Waals surface area contributed by atoms with Gasteiger partial charge >= 0.3 is 5.97 Å². The first-order valence-electron chi connectivity index (χ1n) is 5.23. The van der Waals surface area contributed by atoms with Gasteiger partial charge in [0.2, 0.25) is 0 Å². The second-order valence-electron chi connectivity index (χ2n) is 3.49. The molecule has 0 aliphatic heterocycles. The maximum absolute atomic E-state index is 11.3. The highest BCUT2D eigenvalue weighted by Gasteiger charge is 2.28. The van der Waals surface area contributed by atoms with Crippen molar-refractivity contribution in [1.82, 2.24) is 0 Å². The van der Waals surface area contributed by atoms with Crippen LogP contribution in [0, 0.1) is 11.3 Å². The quantitative estimate of drug-likeness (QED) is 0.801. The first kappa shape index (κ1) is 14.5. The van der Waals surface area contributed by atoms with Gasteiger partial charge in [-0.15, -0.1) is 0 Å². The average molecular weight is 270 g/mol. The van der Waals surface area contributed by atoms with Gasteiger partial charge in [-0.1, -0.05) is 17.7 Å². The highest BCUT2D eigenvalue weighted by Crippen LogP contribution is 2.24. The van der Waals surface area contributed by atoms with Crippen molar-refractivity contribution in [2.45, 2.75) is 19.1 Å². The summed E-state index contributed by atoms with van der Waals surface area (Å²) >= 11 is 5.71. The zero-order chi connectivity index (χ0) is 13.7. The van der Waals surface area contributed by atoms with Crippen LogP contribution in [0.1, 0.15) is 24.2 Å². The van der Waals surface area contributed by atoms with E-state index in [-0.39, 0.29) is 17.7 Å². The number of hydrogen-bond acceptors (Lipinski definition) is 5. The lowest BCUT2D eigenvalue weighted by molar-refractivity contribution is -0.159. The minimum Gasteiger partial charge on any atom is -0.464 e. The number of carbonyl (C=O) groups is 1. The van der Waals surface area contributed by atoms with E-state index in [1.165, 1.54) is 18.2 Å². The predicted molar refractivity (Wildman–Crippen MR) is 63.8 cm³/mol. The van der Waals surface area contributed by atoms with E-state index >= 15 is 0 Å². The summed E-state index contributed by atoms with van der Waals surface area (Å²) in [6.45, 7) is 1.67. The van der Waals surface area contributed by atoms with E-state index < -0.39 is 18.2 Å². The largest absolute Gasteiger partial charge is 0.464 e. The predicted octanol–water partition coefficient (Wildman–Crippen LogP) is 1.17. The van der Waals surface area contributed by atoms with Gasteiger partial charge < -0.3 is 14.9 Å². The Labute approximate surface area is 109 Å². The van der Waals surface area contributed by atoms with Gasteiger partial charge in [0, 0.05) is 10.6 Å². The minimum atomic E-state index is -1.74. The second kappa shape index (κ2) is 6.36. The smallest absolute Gasteiger partial charge is 0.338 e. The lowest BCUT2D eigenvalue weighted by Crippen LogP contribution is -2.30. The van der Waals surface area contributed by atoms with E-state index in [2.05, 4.69) is 4.74 Å². The van der Waals surface area contributed by atoms with Crippen LogP contribution < -0.4 is 0 Å². The lowest BCUT2D eigenvalue weighted by atomic mass is 9.99. The van der Waals surface area contributed by atoms with Crippen molar-refractivity contribution in [2.24, 2.45) is 0 Å². The molecule has 0 amide bonds. The molecule has 96 valence electrons. The van der Waals surface area contributed by atoms with Crippen LogP contribution in [0.25, 0.3) is 0 Å². The molecule has 2 atom stereocenters. The molecule has 1 aromatic rings. The van der Waals surface area contributed by atoms with Crippen LogP contribution >= 0.6 is 11.6 Å². The fourth-order valence-corrected chi connectivity index (χ4v) is 1.58. The Kier molecular flexibility index (Phi) is 5.10. The molecule has 0 aliphatic rings. The standard InChI is InChI=1S/C12H12ClNO4/c1-2-18-12(17)11(16)10(15)9-4-3-8(13)5-7(9)6-14/h3-5,10-11,15-16H,2H2,1H3. The molecule has 0 fully saturated rings. The summed E-state index contributed by atoms with van der Waals surface area (Å²) in [7, 11) is 0. The monoisotopic (exact) mass is 269 g/mol. The van der Waals surface area contributed by atoms with E-state index in [1.54, 1.807) is 6.92 Å². The van der Waals surface area contributed by atoms with Crippen molar-refractivity contribution in [3.63, 3.8) is 0 Å². The van der Waals surface area contributed by atoms with E-state index in [1.807, 2.05) is 6.07 Å². The van der Waals surface area contributed by atoms with Crippen molar-refractivity contribution >= 4 is 17.6 Å². The van der Waals surface area contributed by atoms with Gasteiger partial charge in [-0.25, -0.2) is 4.79 Å². The Bertz CT molecular complexity index is 483. The molecule has 18 heavy (non-hydrogen) atoms. The van der Waals surface area contributed by atoms with Gasteiger partial charge in [0.15, 0.2) is 6.10 Å². The highest BCUT2D eigenvalue weighted by molar-refractivity contribution is 6.30. The normalized spacial score (nSPS) is 13.5. The van der Waals surface area contributed by atoms with Gasteiger partial charge in [-0.05, 0) is 19.1 Å². The minimum absolute atomic E-state index is 0.0916. The molecule has 1 rings (SSSR count). The number of benzene rings is 1. The number of hydrogen-bond donors (Lipinski definition) is 2. The molecular weight excluding hydrogens is 258 g/mol. The Hall–Kier alpha value is -1.61. The molecule has 0 saturated carbocycles. The molecule has 0 saturated heterocycles. The first-order valence-corrected chi connectivity index (χ1v) is 5.61. The van der Waals surface area contributed by atoms with Gasteiger partial charge in [0.05, 0.1) is 18.2 Å². The van der Waals surface area contributed by atoms with Gasteiger partial charge in [0.25, 0.3) is 0 Å². The van der Waals surface area contributed by atoms with Gasteiger partial charge in [0.1, 0.15) is 6.10 Å². The molecule has 5 nitrogen and oxygen atoms in total. The van der Waals surface area contributed by atoms with Crippen LogP contribution in [0.4, 0.5) is 0 Å². The molecule has 6 heteroatoms. The topological polar surface area (TPSA) is 90.6 Å². The van der Waals surface area contributed by atoms with Crippen LogP contribution in [0.15, 0.2) is 18.2 Å². The lowest BCUT2D eigenvalue weighted by Gasteiger charge is -2.17. The Balaban J connectivity index is 3.00. The number of aliphatic hydroxyl groups is 2. The van der Waals surface area contributed by atoms with Gasteiger partial charge in [-0.2, -0.15) is 5.26 Å². The van der Waals surface area contributed by atoms with Crippen molar-refractivity contribution in [3.8, 4) is 6.07 Å². The number of esters is 1. The fourth-order valence-electron chi connectivity index (χ4n) is 1.41. The first-order chi connectivity index (χ1) is 8.51. The van der Waals surface area contributed by atoms with Crippen molar-refractivity contribution < 1.29 is 19.7 Å². The molecule has 0 aromatic heterocycles. The number of aliphatic hydroxyl groups excluding tert-OH is 2. The van der Waals surface area contributed by atoms with Crippen LogP contribution in [0.2, 0.25) is 5.02 Å². The number of nitrogens with zero attached hydrogens (tertiary/aromatic N) is 1. The molecule has 0 heterocycles. The van der Waals surface area contributed by atoms with Crippen LogP contribution in [-0.4, -0.2) is 28.9 Å². The molecule has 0 spiro atoms. The zero-order valence-corrected chi connectivity index (χ0v) is 10.4. The van der Waals surface area contributed by atoms with E-state index in [4.69, 9.17) is 16.9 Å². The summed E-state index contributed by atoms with van der Waals surface area (Å²) in [6, 6.07) is 6.02. The van der Waals surface area contributed by atoms with E-state index in [9.17, 15) is 15.0 Å². The molecule has 0 bridgehead atoms. The summed E-state index contributed by atoms with van der Waals surface area (Å²) in [5.74, 6) is -0.941. The van der Waals surface area contributed by atoms with Crippen LogP contribution in [0.5, 0.6) is 0 Å². The van der Waals surface area contributed by atoms with Crippen molar-refractivity contribution in [3.05, 3.63) is 34.3 Å². The third-order valence-electron chi connectivity index (χ3n) is 2.28. The average Bonchev–Trinajstić information content (AvgIpc) is 2.37. The Morgan fingerprint density at radius 3 is 2.78 bits per heavy atom. The third-order valence-corrected chi connectivity index (χ3v) is 2.52. The molecule has 2 N–H and O–H groups in total. The SMILES string of the molecule is CCOC(=O)C(O)C(O)c1ccc(Cl)cc1C#N. The third kappa shape index (κ3) is 3.20. The van der Waals surface area contributed by atoms with Crippen molar-refractivity contribution in [2.75, 3.05) is 6.61 Å². The fraction of sp³-hybridized carbons (Fsp3) is 0.333. The number of ether oxygens (including phenoxy) is 1. The molecule has 1 aromatic carbocycles. The maximum Gasteiger partial charge on any atom is 0.338 e. The summed E-state index contributed by atoms with van der Waals surface area (Å²) in [5.41, 5.74) is 0.223. The summed E-state index contributed by atoms with van der Waals surface area (Å²) in [6.07, 6.45) is -3.27. The van der Waals surface area contributed by atoms with E-state index in [0.29, 0.717) is 5.02 Å². The maximum atomic E-state index is 11.3. The molecule has 0 radical (unpaired) electrons. The zero-order valence-electron chi connectivity index (χ0n) is 9.63. The molecular formula is C12H12ClNO4. The Morgan fingerprint density at radius 1 is 1.56 bits per heavy atom. The number of rotatable bonds is 4. The van der Waals surface area contributed by atoms with Crippen LogP contribution in [-0.2, 0) is 9.53 Å². The summed E-state index contributed by atoms with van der Waals surface area (Å²) in [4.78, 5) is 11.3. The Morgan fingerprint density at radius 2 is 2.22 bits per heavy atom. The van der Waals surface area contributed by atoms with Crippen LogP contribution in [0.3, 0.4) is 0 Å². The second-order valence-corrected chi connectivity index (χ2v) is 3.92. The van der Waals surface area contributed by atoms with Crippen molar-refractivity contribution in [1.29, 1.82) is 5.26 Å². The highest BCUT2D eigenvalue weighted by atomic mass is 35.5. The molecule has 2 unspecified atom stereocenters.